The second-order valence-corrected chi connectivity index (χ2v) is 4.81. The van der Waals surface area contributed by atoms with Gasteiger partial charge in [-0.1, -0.05) is 15.9 Å². The van der Waals surface area contributed by atoms with Gasteiger partial charge >= 0.3 is 0 Å². The Bertz CT molecular complexity index is 641. The third-order valence-corrected chi connectivity index (χ3v) is 3.28. The molecule has 2 rings (SSSR count). The summed E-state index contributed by atoms with van der Waals surface area (Å²) in [5, 5.41) is 0. The number of benzene rings is 2. The van der Waals surface area contributed by atoms with Crippen LogP contribution in [0.5, 0.6) is 0 Å². The Labute approximate surface area is 116 Å². The Hall–Kier alpha value is -1.62. The molecule has 0 fully saturated rings. The van der Waals surface area contributed by atoms with E-state index in [9.17, 15) is 18.0 Å². The van der Waals surface area contributed by atoms with E-state index >= 15 is 0 Å². The summed E-state index contributed by atoms with van der Waals surface area (Å²) in [5.74, 6) is -2.34. The van der Waals surface area contributed by atoms with Gasteiger partial charge in [0.25, 0.3) is 0 Å². The van der Waals surface area contributed by atoms with E-state index in [0.29, 0.717) is 4.47 Å². The highest BCUT2D eigenvalue weighted by atomic mass is 79.9. The molecule has 0 amide bonds. The van der Waals surface area contributed by atoms with Gasteiger partial charge in [0, 0.05) is 16.5 Å². The van der Waals surface area contributed by atoms with Crippen molar-refractivity contribution in [2.45, 2.75) is 6.42 Å². The summed E-state index contributed by atoms with van der Waals surface area (Å²) in [6, 6.07) is 6.54. The zero-order valence-electron chi connectivity index (χ0n) is 9.59. The van der Waals surface area contributed by atoms with Crippen LogP contribution in [0.25, 0.3) is 0 Å². The summed E-state index contributed by atoms with van der Waals surface area (Å²) >= 11 is 3.12. The van der Waals surface area contributed by atoms with Crippen molar-refractivity contribution >= 4 is 21.7 Å². The summed E-state index contributed by atoms with van der Waals surface area (Å²) in [5.41, 5.74) is 0.0461. The molecule has 0 unspecified atom stereocenters. The van der Waals surface area contributed by atoms with Crippen LogP contribution in [0.2, 0.25) is 0 Å². The molecule has 0 saturated heterocycles. The molecule has 0 aromatic heterocycles. The number of ketones is 1. The van der Waals surface area contributed by atoms with Crippen molar-refractivity contribution in [1.29, 1.82) is 0 Å². The predicted octanol–water partition coefficient (Wildman–Crippen LogP) is 4.29. The average molecular weight is 329 g/mol. The van der Waals surface area contributed by atoms with Gasteiger partial charge in [-0.25, -0.2) is 13.2 Å². The maximum atomic E-state index is 13.4. The Kier molecular flexibility index (Phi) is 4.04. The largest absolute Gasteiger partial charge is 0.294 e. The van der Waals surface area contributed by atoms with Gasteiger partial charge in [0.15, 0.2) is 5.78 Å². The van der Waals surface area contributed by atoms with E-state index in [2.05, 4.69) is 15.9 Å². The smallest absolute Gasteiger partial charge is 0.168 e. The van der Waals surface area contributed by atoms with E-state index < -0.39 is 23.2 Å². The molecule has 0 spiro atoms. The summed E-state index contributed by atoms with van der Waals surface area (Å²) in [6.45, 7) is 0. The minimum atomic E-state index is -0.665. The number of halogens is 4. The maximum Gasteiger partial charge on any atom is 0.168 e. The first-order valence-electron chi connectivity index (χ1n) is 5.39. The molecule has 1 nitrogen and oxygen atoms in total. The highest BCUT2D eigenvalue weighted by Gasteiger charge is 2.14. The van der Waals surface area contributed by atoms with Gasteiger partial charge in [0.1, 0.15) is 17.5 Å². The van der Waals surface area contributed by atoms with Crippen molar-refractivity contribution in [3.05, 3.63) is 69.4 Å². The van der Waals surface area contributed by atoms with Crippen molar-refractivity contribution in [3.63, 3.8) is 0 Å². The minimum absolute atomic E-state index is 0.0545. The monoisotopic (exact) mass is 328 g/mol. The van der Waals surface area contributed by atoms with Crippen molar-refractivity contribution in [1.82, 2.24) is 0 Å². The molecule has 19 heavy (non-hydrogen) atoms. The van der Waals surface area contributed by atoms with Crippen LogP contribution in [0.4, 0.5) is 13.2 Å². The van der Waals surface area contributed by atoms with E-state index in [1.54, 1.807) is 0 Å². The quantitative estimate of drug-likeness (QED) is 0.768. The molecule has 98 valence electrons. The first-order chi connectivity index (χ1) is 8.97. The zero-order valence-corrected chi connectivity index (χ0v) is 11.2. The lowest BCUT2D eigenvalue weighted by Crippen LogP contribution is -2.07. The number of rotatable bonds is 3. The van der Waals surface area contributed by atoms with Crippen molar-refractivity contribution in [2.24, 2.45) is 0 Å². The Balaban J connectivity index is 2.30. The van der Waals surface area contributed by atoms with Crippen LogP contribution >= 0.6 is 15.9 Å². The van der Waals surface area contributed by atoms with Gasteiger partial charge < -0.3 is 0 Å². The molecule has 0 bridgehead atoms. The maximum absolute atomic E-state index is 13.4. The van der Waals surface area contributed by atoms with Crippen molar-refractivity contribution in [3.8, 4) is 0 Å². The van der Waals surface area contributed by atoms with Crippen LogP contribution in [0, 0.1) is 17.5 Å². The predicted molar refractivity (Wildman–Crippen MR) is 68.5 cm³/mol. The molecule has 0 radical (unpaired) electrons. The first kappa shape index (κ1) is 13.8. The lowest BCUT2D eigenvalue weighted by Gasteiger charge is -2.05. The van der Waals surface area contributed by atoms with Crippen LogP contribution < -0.4 is 0 Å². The summed E-state index contributed by atoms with van der Waals surface area (Å²) in [4.78, 5) is 12.0. The third kappa shape index (κ3) is 3.23. The highest BCUT2D eigenvalue weighted by Crippen LogP contribution is 2.21. The molecule has 0 saturated carbocycles. The van der Waals surface area contributed by atoms with E-state index in [1.165, 1.54) is 12.1 Å². The normalized spacial score (nSPS) is 10.5. The average Bonchev–Trinajstić information content (AvgIpc) is 2.36. The molecule has 0 aliphatic heterocycles. The van der Waals surface area contributed by atoms with E-state index in [0.717, 1.165) is 24.3 Å². The van der Waals surface area contributed by atoms with Gasteiger partial charge in [-0.15, -0.1) is 0 Å². The topological polar surface area (TPSA) is 17.1 Å². The first-order valence-corrected chi connectivity index (χ1v) is 6.19. The van der Waals surface area contributed by atoms with Crippen LogP contribution in [0.1, 0.15) is 15.9 Å². The van der Waals surface area contributed by atoms with Gasteiger partial charge in [0.05, 0.1) is 0 Å². The molecular formula is C14H8BrF3O. The molecule has 2 aromatic carbocycles. The molecule has 0 N–H and O–H groups in total. The lowest BCUT2D eigenvalue weighted by atomic mass is 10.0. The van der Waals surface area contributed by atoms with E-state index in [4.69, 9.17) is 0 Å². The fourth-order valence-electron chi connectivity index (χ4n) is 1.66. The molecular weight excluding hydrogens is 321 g/mol. The second kappa shape index (κ2) is 5.57. The van der Waals surface area contributed by atoms with Crippen LogP contribution in [0.3, 0.4) is 0 Å². The van der Waals surface area contributed by atoms with E-state index in [-0.39, 0.29) is 17.5 Å². The number of carbonyl (C=O) groups is 1. The zero-order chi connectivity index (χ0) is 14.0. The molecule has 0 atom stereocenters. The summed E-state index contributed by atoms with van der Waals surface area (Å²) in [7, 11) is 0. The summed E-state index contributed by atoms with van der Waals surface area (Å²) in [6.07, 6.45) is -0.328. The fourth-order valence-corrected chi connectivity index (χ4v) is 2.13. The minimum Gasteiger partial charge on any atom is -0.294 e. The Morgan fingerprint density at radius 2 is 1.63 bits per heavy atom. The Morgan fingerprint density at radius 1 is 1.00 bits per heavy atom. The van der Waals surface area contributed by atoms with Crippen LogP contribution in [0.15, 0.2) is 40.9 Å². The molecule has 0 heterocycles. The van der Waals surface area contributed by atoms with Crippen molar-refractivity contribution < 1.29 is 18.0 Å². The van der Waals surface area contributed by atoms with Crippen LogP contribution in [-0.2, 0) is 6.42 Å². The fraction of sp³-hybridized carbons (Fsp3) is 0.0714. The lowest BCUT2D eigenvalue weighted by molar-refractivity contribution is 0.0990. The van der Waals surface area contributed by atoms with Gasteiger partial charge in [-0.2, -0.15) is 0 Å². The highest BCUT2D eigenvalue weighted by molar-refractivity contribution is 9.10. The van der Waals surface area contributed by atoms with E-state index in [1.807, 2.05) is 0 Å². The van der Waals surface area contributed by atoms with Crippen LogP contribution in [-0.4, -0.2) is 5.78 Å². The number of carbonyl (C=O) groups excluding carboxylic acids is 1. The SMILES string of the molecule is O=C(Cc1cc(F)ccc1F)c1cc(F)ccc1Br. The number of Topliss-reactive ketones (excluding diaryl/α,β-unsaturated/α-hetero) is 1. The standard InChI is InChI=1S/C14H8BrF3O/c15-12-3-1-10(17)7-11(12)14(19)6-8-5-9(16)2-4-13(8)18/h1-5,7H,6H2. The van der Waals surface area contributed by atoms with Crippen molar-refractivity contribution in [2.75, 3.05) is 0 Å². The molecule has 0 aliphatic carbocycles. The van der Waals surface area contributed by atoms with Gasteiger partial charge in [-0.3, -0.25) is 4.79 Å². The third-order valence-electron chi connectivity index (χ3n) is 2.59. The second-order valence-electron chi connectivity index (χ2n) is 3.96. The molecule has 2 aromatic rings. The van der Waals surface area contributed by atoms with Gasteiger partial charge in [-0.05, 0) is 42.0 Å². The molecule has 0 aliphatic rings. The van der Waals surface area contributed by atoms with Gasteiger partial charge in [0.2, 0.25) is 0 Å². The Morgan fingerprint density at radius 3 is 2.37 bits per heavy atom. The number of hydrogen-bond donors (Lipinski definition) is 0. The molecule has 5 heteroatoms. The number of hydrogen-bond acceptors (Lipinski definition) is 1. The summed E-state index contributed by atoms with van der Waals surface area (Å²) < 4.78 is 39.9.